The van der Waals surface area contributed by atoms with E-state index >= 15 is 0 Å². The lowest BCUT2D eigenvalue weighted by Crippen LogP contribution is -2.42. The predicted molar refractivity (Wildman–Crippen MR) is 89.3 cm³/mol. The average Bonchev–Trinajstić information content (AvgIpc) is 2.54. The molecule has 0 bridgehead atoms. The molecule has 2 rings (SSSR count). The van der Waals surface area contributed by atoms with E-state index in [0.29, 0.717) is 6.54 Å². The number of rotatable bonds is 7. The molecule has 1 aromatic carbocycles. The van der Waals surface area contributed by atoms with Gasteiger partial charge in [0.1, 0.15) is 6.54 Å². The normalized spacial score (nSPS) is 16.2. The van der Waals surface area contributed by atoms with Gasteiger partial charge in [-0.25, -0.2) is 0 Å². The topological polar surface area (TPSA) is 69.6 Å². The van der Waals surface area contributed by atoms with Crippen molar-refractivity contribution >= 4 is 11.9 Å². The zero-order valence-corrected chi connectivity index (χ0v) is 13.8. The van der Waals surface area contributed by atoms with E-state index in [4.69, 9.17) is 5.11 Å². The van der Waals surface area contributed by atoms with Gasteiger partial charge in [0.05, 0.1) is 6.54 Å². The SMILES string of the molecule is Cc1ccc(CCC2CCN(CC(=O)NCC(=O)O)CC2)cc1. The molecule has 5 nitrogen and oxygen atoms in total. The maximum Gasteiger partial charge on any atom is 0.322 e. The van der Waals surface area contributed by atoms with Crippen molar-refractivity contribution < 1.29 is 14.7 Å². The minimum atomic E-state index is -1.01. The minimum Gasteiger partial charge on any atom is -0.480 e. The summed E-state index contributed by atoms with van der Waals surface area (Å²) in [5.74, 6) is -0.492. The summed E-state index contributed by atoms with van der Waals surface area (Å²) >= 11 is 0. The summed E-state index contributed by atoms with van der Waals surface area (Å²) in [6, 6.07) is 8.73. The number of carboxylic acid groups (broad SMARTS) is 1. The highest BCUT2D eigenvalue weighted by molar-refractivity contribution is 5.82. The number of nitrogens with zero attached hydrogens (tertiary/aromatic N) is 1. The molecule has 0 atom stereocenters. The molecule has 0 spiro atoms. The Morgan fingerprint density at radius 1 is 1.22 bits per heavy atom. The Morgan fingerprint density at radius 2 is 1.87 bits per heavy atom. The predicted octanol–water partition coefficient (Wildman–Crippen LogP) is 1.84. The first-order chi connectivity index (χ1) is 11.0. The highest BCUT2D eigenvalue weighted by atomic mass is 16.4. The summed E-state index contributed by atoms with van der Waals surface area (Å²) < 4.78 is 0. The lowest BCUT2D eigenvalue weighted by atomic mass is 9.90. The second-order valence-electron chi connectivity index (χ2n) is 6.41. The van der Waals surface area contributed by atoms with E-state index in [1.54, 1.807) is 0 Å². The Kier molecular flexibility index (Phi) is 6.59. The zero-order valence-electron chi connectivity index (χ0n) is 13.8. The second-order valence-corrected chi connectivity index (χ2v) is 6.41. The number of carboxylic acids is 1. The number of hydrogen-bond donors (Lipinski definition) is 2. The zero-order chi connectivity index (χ0) is 16.7. The number of amides is 1. The van der Waals surface area contributed by atoms with Crippen LogP contribution in [0, 0.1) is 12.8 Å². The summed E-state index contributed by atoms with van der Waals surface area (Å²) in [5.41, 5.74) is 2.69. The van der Waals surface area contributed by atoms with Crippen LogP contribution in [0.25, 0.3) is 0 Å². The third-order valence-electron chi connectivity index (χ3n) is 4.47. The molecule has 0 unspecified atom stereocenters. The summed E-state index contributed by atoms with van der Waals surface area (Å²) in [7, 11) is 0. The van der Waals surface area contributed by atoms with Crippen LogP contribution in [0.2, 0.25) is 0 Å². The summed E-state index contributed by atoms with van der Waals surface area (Å²) in [6.45, 7) is 3.94. The van der Waals surface area contributed by atoms with Crippen molar-refractivity contribution in [3.63, 3.8) is 0 Å². The number of aliphatic carboxylic acids is 1. The van der Waals surface area contributed by atoms with Crippen molar-refractivity contribution in [2.45, 2.75) is 32.6 Å². The average molecular weight is 318 g/mol. The third kappa shape index (κ3) is 6.40. The fraction of sp³-hybridized carbons (Fsp3) is 0.556. The van der Waals surface area contributed by atoms with Crippen LogP contribution < -0.4 is 5.32 Å². The standard InChI is InChI=1S/C18H26N2O3/c1-14-2-4-15(5-3-14)6-7-16-8-10-20(11-9-16)13-17(21)19-12-18(22)23/h2-5,16H,6-13H2,1H3,(H,19,21)(H,22,23). The fourth-order valence-electron chi connectivity index (χ4n) is 2.99. The van der Waals surface area contributed by atoms with Gasteiger partial charge in [0.25, 0.3) is 0 Å². The number of benzene rings is 1. The number of aryl methyl sites for hydroxylation is 2. The quantitative estimate of drug-likeness (QED) is 0.805. The Morgan fingerprint density at radius 3 is 2.48 bits per heavy atom. The van der Waals surface area contributed by atoms with E-state index in [0.717, 1.165) is 38.3 Å². The smallest absolute Gasteiger partial charge is 0.322 e. The summed E-state index contributed by atoms with van der Waals surface area (Å²) in [4.78, 5) is 24.1. The maximum atomic E-state index is 11.6. The second kappa shape index (κ2) is 8.67. The number of piperidine rings is 1. The number of likely N-dealkylation sites (tertiary alicyclic amines) is 1. The molecule has 0 aromatic heterocycles. The van der Waals surface area contributed by atoms with Crippen LogP contribution in [-0.4, -0.2) is 48.1 Å². The molecule has 126 valence electrons. The van der Waals surface area contributed by atoms with Gasteiger partial charge in [-0.15, -0.1) is 0 Å². The number of carbonyl (C=O) groups is 2. The molecule has 1 aliphatic rings. The van der Waals surface area contributed by atoms with Crippen LogP contribution in [0.4, 0.5) is 0 Å². The van der Waals surface area contributed by atoms with Gasteiger partial charge in [0.2, 0.25) is 5.91 Å². The lowest BCUT2D eigenvalue weighted by Gasteiger charge is -2.31. The van der Waals surface area contributed by atoms with E-state index in [2.05, 4.69) is 41.4 Å². The Hall–Kier alpha value is -1.88. The molecular formula is C18H26N2O3. The van der Waals surface area contributed by atoms with Gasteiger partial charge in [0.15, 0.2) is 0 Å². The van der Waals surface area contributed by atoms with Crippen LogP contribution in [0.3, 0.4) is 0 Å². The fourth-order valence-corrected chi connectivity index (χ4v) is 2.99. The van der Waals surface area contributed by atoms with E-state index in [1.165, 1.54) is 17.5 Å². The molecule has 1 amide bonds. The first-order valence-electron chi connectivity index (χ1n) is 8.29. The number of hydrogen-bond acceptors (Lipinski definition) is 3. The monoisotopic (exact) mass is 318 g/mol. The first kappa shape index (κ1) is 17.5. The molecule has 0 saturated carbocycles. The van der Waals surface area contributed by atoms with E-state index in [1.807, 2.05) is 0 Å². The molecule has 23 heavy (non-hydrogen) atoms. The van der Waals surface area contributed by atoms with Crippen LogP contribution >= 0.6 is 0 Å². The largest absolute Gasteiger partial charge is 0.480 e. The molecule has 1 heterocycles. The van der Waals surface area contributed by atoms with Crippen LogP contribution in [0.5, 0.6) is 0 Å². The maximum absolute atomic E-state index is 11.6. The molecule has 0 aliphatic carbocycles. The van der Waals surface area contributed by atoms with Gasteiger partial charge < -0.3 is 10.4 Å². The van der Waals surface area contributed by atoms with Gasteiger partial charge in [0, 0.05) is 0 Å². The van der Waals surface area contributed by atoms with Gasteiger partial charge >= 0.3 is 5.97 Å². The van der Waals surface area contributed by atoms with Crippen molar-refractivity contribution in [1.82, 2.24) is 10.2 Å². The van der Waals surface area contributed by atoms with Crippen LogP contribution in [0.1, 0.15) is 30.4 Å². The van der Waals surface area contributed by atoms with Gasteiger partial charge in [-0.1, -0.05) is 29.8 Å². The van der Waals surface area contributed by atoms with Crippen molar-refractivity contribution in [3.05, 3.63) is 35.4 Å². The molecule has 1 saturated heterocycles. The molecule has 5 heteroatoms. The van der Waals surface area contributed by atoms with Gasteiger partial charge in [-0.05, 0) is 57.2 Å². The molecule has 1 aromatic rings. The van der Waals surface area contributed by atoms with Gasteiger partial charge in [-0.2, -0.15) is 0 Å². The minimum absolute atomic E-state index is 0.203. The van der Waals surface area contributed by atoms with Crippen molar-refractivity contribution in [1.29, 1.82) is 0 Å². The lowest BCUT2D eigenvalue weighted by molar-refractivity contribution is -0.138. The molecular weight excluding hydrogens is 292 g/mol. The molecule has 0 radical (unpaired) electrons. The molecule has 2 N–H and O–H groups in total. The van der Waals surface area contributed by atoms with Gasteiger partial charge in [-0.3, -0.25) is 14.5 Å². The summed E-state index contributed by atoms with van der Waals surface area (Å²) in [6.07, 6.45) is 4.53. The van der Waals surface area contributed by atoms with Crippen LogP contribution in [-0.2, 0) is 16.0 Å². The number of nitrogens with one attached hydrogen (secondary N) is 1. The van der Waals surface area contributed by atoms with E-state index < -0.39 is 5.97 Å². The Labute approximate surface area is 137 Å². The third-order valence-corrected chi connectivity index (χ3v) is 4.47. The van der Waals surface area contributed by atoms with Crippen molar-refractivity contribution in [2.75, 3.05) is 26.2 Å². The molecule has 1 fully saturated rings. The number of carbonyl (C=O) groups excluding carboxylic acids is 1. The first-order valence-corrected chi connectivity index (χ1v) is 8.29. The van der Waals surface area contributed by atoms with Crippen molar-refractivity contribution in [3.8, 4) is 0 Å². The Bertz CT molecular complexity index is 520. The molecule has 1 aliphatic heterocycles. The Balaban J connectivity index is 1.64. The van der Waals surface area contributed by atoms with Crippen LogP contribution in [0.15, 0.2) is 24.3 Å². The highest BCUT2D eigenvalue weighted by Gasteiger charge is 2.20. The van der Waals surface area contributed by atoms with Crippen molar-refractivity contribution in [2.24, 2.45) is 5.92 Å². The van der Waals surface area contributed by atoms with E-state index in [9.17, 15) is 9.59 Å². The summed E-state index contributed by atoms with van der Waals surface area (Å²) in [5, 5.41) is 11.0. The highest BCUT2D eigenvalue weighted by Crippen LogP contribution is 2.22. The van der Waals surface area contributed by atoms with E-state index in [-0.39, 0.29) is 12.5 Å².